The second kappa shape index (κ2) is 39.5. The van der Waals surface area contributed by atoms with Crippen molar-refractivity contribution in [3.05, 3.63) is 506 Å². The average Bonchev–Trinajstić information content (AvgIpc) is 1.60. The number of fused-ring (bicyclic) bond motifs is 21. The predicted octanol–water partition coefficient (Wildman–Crippen LogP) is 40.8. The van der Waals surface area contributed by atoms with Crippen molar-refractivity contribution in [2.24, 2.45) is 0 Å². The number of thiophene rings is 4. The molecule has 0 atom stereocenters. The predicted molar refractivity (Wildman–Crippen MR) is 610 cm³/mol. The third-order valence-corrected chi connectivity index (χ3v) is 31.1. The first kappa shape index (κ1) is 89.1. The Morgan fingerprint density at radius 1 is 0.143 bits per heavy atom. The summed E-state index contributed by atoms with van der Waals surface area (Å²) in [7, 11) is 0. The van der Waals surface area contributed by atoms with Gasteiger partial charge in [0.05, 0.1) is 0 Å². The van der Waals surface area contributed by atoms with Crippen molar-refractivity contribution in [1.29, 1.82) is 0 Å². The summed E-state index contributed by atoms with van der Waals surface area (Å²) in [6.07, 6.45) is 0. The molecule has 672 valence electrons. The van der Waals surface area contributed by atoms with E-state index in [1.807, 2.05) is 81.7 Å². The first-order chi connectivity index (χ1) is 68.8. The Morgan fingerprint density at radius 2 is 0.414 bits per heavy atom. The maximum atomic E-state index is 6.09. The van der Waals surface area contributed by atoms with Crippen LogP contribution < -0.4 is 0 Å². The van der Waals surface area contributed by atoms with Gasteiger partial charge in [0.25, 0.3) is 0 Å². The number of rotatable bonds is 7. The van der Waals surface area contributed by atoms with Crippen molar-refractivity contribution < 1.29 is 13.3 Å². The molecule has 0 aliphatic rings. The van der Waals surface area contributed by atoms with E-state index in [0.29, 0.717) is 0 Å². The van der Waals surface area contributed by atoms with Crippen molar-refractivity contribution in [3.8, 4) is 77.9 Å². The molecule has 0 unspecified atom stereocenters. The normalized spacial score (nSPS) is 11.2. The van der Waals surface area contributed by atoms with E-state index in [0.717, 1.165) is 50.2 Å². The molecular formula is C133H98O3S4. The topological polar surface area (TPSA) is 39.4 Å². The number of benzene rings is 21. The lowest BCUT2D eigenvalue weighted by atomic mass is 9.98. The molecule has 28 aromatic rings. The number of para-hydroxylation sites is 6. The molecule has 7 heteroatoms. The fraction of sp³-hybridized carbons (Fsp3) is 0.0526. The maximum Gasteiger partial charge on any atom is 0.143 e. The number of aryl methyl sites for hydroxylation is 7. The average molecular weight is 1870 g/mol. The fourth-order valence-corrected chi connectivity index (χ4v) is 23.7. The van der Waals surface area contributed by atoms with Gasteiger partial charge < -0.3 is 13.3 Å². The van der Waals surface area contributed by atoms with Crippen LogP contribution in [0.4, 0.5) is 0 Å². The fourth-order valence-electron chi connectivity index (χ4n) is 19.2. The molecule has 21 aromatic carbocycles. The molecule has 7 aromatic heterocycles. The van der Waals surface area contributed by atoms with Crippen LogP contribution in [0.3, 0.4) is 0 Å². The molecule has 0 spiro atoms. The Balaban J connectivity index is 0.0000000939. The third-order valence-electron chi connectivity index (χ3n) is 26.4. The molecule has 0 fully saturated rings. The molecule has 0 N–H and O–H groups in total. The highest BCUT2D eigenvalue weighted by molar-refractivity contribution is 7.27. The standard InChI is InChI=1S/3C19H14O.4C19H14S/c1-13-6-4-7-14(12-13)15-9-5-10-17-16-8-2-3-11-18(16)20-19(15)17;1-13-7-2-3-8-14(13)16-10-6-11-17-15-9-4-5-12-18(15)20-19(16)17;1-13-9-11-14(12-10-13)15-6-4-7-17-16-5-2-3-8-18(16)20-19(15)17;1-13-5-4-6-14(11-13)15-9-10-19-17(12-15)16-7-2-3-8-18(16)20-19;1-13-6-2-3-7-15(13)14-10-11-19-17(12-14)16-8-4-5-9-18(16)20-19;1-13-9-11-14(12-10-13)15-6-4-7-17-16-5-2-3-8-18(16)20-19(15)17;1-13-6-8-14(9-7-13)15-10-11-19-17(12-15)16-4-2-3-5-18(16)20-19/h7*2-12H,1H3. The van der Waals surface area contributed by atoms with Gasteiger partial charge in [-0.1, -0.05) is 416 Å². The summed E-state index contributed by atoms with van der Waals surface area (Å²) in [5, 5.41) is 18.0. The molecular weight excluding hydrogens is 1770 g/mol. The molecule has 0 aliphatic carbocycles. The van der Waals surface area contributed by atoms with Gasteiger partial charge in [-0.15, -0.1) is 45.3 Å². The minimum atomic E-state index is 0.946. The van der Waals surface area contributed by atoms with E-state index in [1.165, 1.54) is 213 Å². The highest BCUT2D eigenvalue weighted by atomic mass is 32.1. The summed E-state index contributed by atoms with van der Waals surface area (Å²) in [6.45, 7) is 14.9. The Kier molecular flexibility index (Phi) is 25.2. The lowest BCUT2D eigenvalue weighted by molar-refractivity contribution is 0.669. The van der Waals surface area contributed by atoms with E-state index < -0.39 is 0 Å². The van der Waals surface area contributed by atoms with Gasteiger partial charge in [0.15, 0.2) is 0 Å². The van der Waals surface area contributed by atoms with E-state index in [2.05, 4.69) is 479 Å². The highest BCUT2D eigenvalue weighted by Gasteiger charge is 2.19. The van der Waals surface area contributed by atoms with Gasteiger partial charge in [0, 0.05) is 130 Å². The van der Waals surface area contributed by atoms with E-state index >= 15 is 0 Å². The molecule has 28 rings (SSSR count). The van der Waals surface area contributed by atoms with Crippen LogP contribution in [-0.2, 0) is 0 Å². The molecule has 7 heterocycles. The zero-order valence-corrected chi connectivity index (χ0v) is 82.1. The first-order valence-electron chi connectivity index (χ1n) is 47.6. The summed E-state index contributed by atoms with van der Waals surface area (Å²) in [5.41, 5.74) is 32.3. The van der Waals surface area contributed by atoms with Gasteiger partial charge in [-0.05, 0) is 200 Å². The molecule has 0 radical (unpaired) electrons. The third kappa shape index (κ3) is 18.3. The van der Waals surface area contributed by atoms with Crippen molar-refractivity contribution >= 4 is 192 Å². The largest absolute Gasteiger partial charge is 0.455 e. The van der Waals surface area contributed by atoms with Gasteiger partial charge in [0.2, 0.25) is 0 Å². The van der Waals surface area contributed by atoms with Crippen LogP contribution in [0, 0.1) is 48.5 Å². The Morgan fingerprint density at radius 3 is 0.864 bits per heavy atom. The Bertz CT molecular complexity index is 9220. The van der Waals surface area contributed by atoms with Gasteiger partial charge >= 0.3 is 0 Å². The molecule has 0 saturated carbocycles. The minimum absolute atomic E-state index is 0.946. The summed E-state index contributed by atoms with van der Waals surface area (Å²) in [5.74, 6) is 0. The lowest BCUT2D eigenvalue weighted by Crippen LogP contribution is -1.82. The lowest BCUT2D eigenvalue weighted by Gasteiger charge is -2.06. The second-order valence-corrected chi connectivity index (χ2v) is 40.3. The van der Waals surface area contributed by atoms with Crippen LogP contribution >= 0.6 is 45.3 Å². The Labute approximate surface area is 830 Å². The zero-order valence-electron chi connectivity index (χ0n) is 78.8. The highest BCUT2D eigenvalue weighted by Crippen LogP contribution is 2.46. The van der Waals surface area contributed by atoms with Crippen LogP contribution in [-0.4, -0.2) is 0 Å². The number of hydrogen-bond donors (Lipinski definition) is 0. The van der Waals surface area contributed by atoms with Crippen LogP contribution in [0.15, 0.2) is 480 Å². The van der Waals surface area contributed by atoms with Gasteiger partial charge in [-0.3, -0.25) is 0 Å². The van der Waals surface area contributed by atoms with Crippen molar-refractivity contribution in [2.45, 2.75) is 48.5 Å². The molecule has 0 bridgehead atoms. The maximum absolute atomic E-state index is 6.09. The number of hydrogen-bond acceptors (Lipinski definition) is 7. The summed E-state index contributed by atoms with van der Waals surface area (Å²) in [6, 6.07) is 166. The smallest absolute Gasteiger partial charge is 0.143 e. The van der Waals surface area contributed by atoms with Crippen molar-refractivity contribution in [3.63, 3.8) is 0 Å². The van der Waals surface area contributed by atoms with Crippen molar-refractivity contribution in [2.75, 3.05) is 0 Å². The Hall–Kier alpha value is -16.1. The van der Waals surface area contributed by atoms with Crippen LogP contribution in [0.1, 0.15) is 38.9 Å². The first-order valence-corrected chi connectivity index (χ1v) is 50.9. The number of furan rings is 3. The van der Waals surface area contributed by atoms with Crippen LogP contribution in [0.25, 0.3) is 224 Å². The monoisotopic (exact) mass is 1870 g/mol. The molecule has 3 nitrogen and oxygen atoms in total. The minimum Gasteiger partial charge on any atom is -0.455 e. The molecule has 140 heavy (non-hydrogen) atoms. The molecule has 0 amide bonds. The van der Waals surface area contributed by atoms with E-state index in [9.17, 15) is 0 Å². The van der Waals surface area contributed by atoms with E-state index in [-0.39, 0.29) is 0 Å². The molecule has 0 aliphatic heterocycles. The molecule has 0 saturated heterocycles. The summed E-state index contributed by atoms with van der Waals surface area (Å²) in [4.78, 5) is 0. The van der Waals surface area contributed by atoms with Gasteiger partial charge in [-0.25, -0.2) is 0 Å². The van der Waals surface area contributed by atoms with Gasteiger partial charge in [-0.2, -0.15) is 0 Å². The zero-order chi connectivity index (χ0) is 94.7. The van der Waals surface area contributed by atoms with E-state index in [1.54, 1.807) is 0 Å². The summed E-state index contributed by atoms with van der Waals surface area (Å²) >= 11 is 7.49. The second-order valence-electron chi connectivity index (χ2n) is 36.0. The van der Waals surface area contributed by atoms with Crippen molar-refractivity contribution in [1.82, 2.24) is 0 Å². The van der Waals surface area contributed by atoms with Crippen LogP contribution in [0.2, 0.25) is 0 Å². The van der Waals surface area contributed by atoms with E-state index in [4.69, 9.17) is 13.3 Å². The van der Waals surface area contributed by atoms with Crippen LogP contribution in [0.5, 0.6) is 0 Å². The quantitative estimate of drug-likeness (QED) is 0.160. The van der Waals surface area contributed by atoms with Gasteiger partial charge in [0.1, 0.15) is 33.5 Å². The summed E-state index contributed by atoms with van der Waals surface area (Å²) < 4.78 is 29.2. The SMILES string of the molecule is Cc1ccc(-c2ccc3sc4ccccc4c3c2)cc1.Cc1ccc(-c2cccc3c2oc2ccccc23)cc1.Cc1ccc(-c2cccc3c2sc2ccccc23)cc1.Cc1cccc(-c2ccc3sc4ccccc4c3c2)c1.Cc1cccc(-c2cccc3c2oc2ccccc23)c1.Cc1ccccc1-c1ccc2sc3ccccc3c2c1.Cc1ccccc1-c1cccc2c1oc1ccccc12.